The van der Waals surface area contributed by atoms with Crippen molar-refractivity contribution in [1.82, 2.24) is 9.80 Å². The Hall–Kier alpha value is -3.80. The maximum Gasteiger partial charge on any atom is 0.416 e. The maximum absolute atomic E-state index is 13.2. The molecule has 190 valence electrons. The lowest BCUT2D eigenvalue weighted by Gasteiger charge is -2.35. The summed E-state index contributed by atoms with van der Waals surface area (Å²) in [6.07, 6.45) is -4.38. The number of rotatable bonds is 5. The molecule has 2 aromatic rings. The molecule has 1 saturated heterocycles. The van der Waals surface area contributed by atoms with Gasteiger partial charge in [-0.1, -0.05) is 24.3 Å². The minimum absolute atomic E-state index is 0.184. The number of carbonyl (C=O) groups excluding carboxylic acids is 1. The highest BCUT2D eigenvalue weighted by Crippen LogP contribution is 2.33. The van der Waals surface area contributed by atoms with Crippen molar-refractivity contribution in [3.63, 3.8) is 0 Å². The van der Waals surface area contributed by atoms with Gasteiger partial charge in [-0.3, -0.25) is 9.69 Å². The van der Waals surface area contributed by atoms with Crippen molar-refractivity contribution >= 4 is 17.8 Å². The number of hydrogen-bond acceptors (Lipinski definition) is 6. The van der Waals surface area contributed by atoms with E-state index in [1.54, 1.807) is 29.2 Å². The smallest absolute Gasteiger partial charge is 0.416 e. The molecule has 1 fully saturated rings. The third kappa shape index (κ3) is 7.34. The van der Waals surface area contributed by atoms with Gasteiger partial charge in [-0.15, -0.1) is 0 Å². The van der Waals surface area contributed by atoms with E-state index in [1.807, 2.05) is 4.90 Å². The topological polar surface area (TPSA) is 117 Å². The van der Waals surface area contributed by atoms with E-state index in [4.69, 9.17) is 29.3 Å². The molecule has 12 heteroatoms. The second kappa shape index (κ2) is 12.1. The lowest BCUT2D eigenvalue weighted by atomic mass is 10.1. The molecule has 0 radical (unpaired) electrons. The highest BCUT2D eigenvalue weighted by atomic mass is 19.4. The normalized spacial score (nSPS) is 13.9. The Morgan fingerprint density at radius 3 is 2.00 bits per heavy atom. The molecule has 1 aliphatic heterocycles. The number of benzene rings is 2. The van der Waals surface area contributed by atoms with Crippen LogP contribution in [0.5, 0.6) is 11.5 Å². The highest BCUT2D eigenvalue weighted by Gasteiger charge is 2.34. The van der Waals surface area contributed by atoms with Crippen molar-refractivity contribution in [2.24, 2.45) is 0 Å². The quantitative estimate of drug-likeness (QED) is 0.605. The maximum atomic E-state index is 13.2. The van der Waals surface area contributed by atoms with E-state index in [0.717, 1.165) is 6.07 Å². The molecule has 0 spiro atoms. The summed E-state index contributed by atoms with van der Waals surface area (Å²) in [5.41, 5.74) is 0.0385. The minimum atomic E-state index is -4.38. The van der Waals surface area contributed by atoms with Crippen molar-refractivity contribution in [2.45, 2.75) is 12.7 Å². The lowest BCUT2D eigenvalue weighted by molar-refractivity contribution is -0.159. The number of aliphatic carboxylic acids is 2. The first-order chi connectivity index (χ1) is 16.5. The molecule has 2 aromatic carbocycles. The van der Waals surface area contributed by atoms with Gasteiger partial charge in [-0.25, -0.2) is 9.59 Å². The average molecular weight is 498 g/mol. The van der Waals surface area contributed by atoms with Gasteiger partial charge in [0.05, 0.1) is 25.3 Å². The van der Waals surface area contributed by atoms with Crippen molar-refractivity contribution in [1.29, 1.82) is 0 Å². The lowest BCUT2D eigenvalue weighted by Crippen LogP contribution is -2.48. The van der Waals surface area contributed by atoms with Gasteiger partial charge in [0, 0.05) is 32.7 Å². The van der Waals surface area contributed by atoms with Gasteiger partial charge in [0.25, 0.3) is 5.91 Å². The van der Waals surface area contributed by atoms with Crippen molar-refractivity contribution in [2.75, 3.05) is 40.4 Å². The van der Waals surface area contributed by atoms with Gasteiger partial charge < -0.3 is 24.6 Å². The molecule has 35 heavy (non-hydrogen) atoms. The molecule has 1 aliphatic rings. The molecule has 9 nitrogen and oxygen atoms in total. The van der Waals surface area contributed by atoms with Crippen LogP contribution in [0, 0.1) is 0 Å². The van der Waals surface area contributed by atoms with E-state index in [0.29, 0.717) is 43.2 Å². The molecule has 1 heterocycles. The standard InChI is InChI=1S/C21H23F3N2O3.C2H2O4/c1-28-18-9-5-7-16(19(18)29-2)20(27)26-12-10-25(11-13-26)14-15-6-3-4-8-17(15)21(22,23)24;3-1(4)2(5)6/h3-9H,10-14H2,1-2H3;(H,3,4)(H,5,6). The fourth-order valence-electron chi connectivity index (χ4n) is 3.51. The van der Waals surface area contributed by atoms with E-state index in [9.17, 15) is 18.0 Å². The number of carboxylic acid groups (broad SMARTS) is 2. The van der Waals surface area contributed by atoms with Gasteiger partial charge in [-0.05, 0) is 23.8 Å². The van der Waals surface area contributed by atoms with Crippen LogP contribution in [0.2, 0.25) is 0 Å². The molecule has 3 rings (SSSR count). The number of methoxy groups -OCH3 is 2. The molecule has 0 aliphatic carbocycles. The van der Waals surface area contributed by atoms with Crippen LogP contribution >= 0.6 is 0 Å². The number of para-hydroxylation sites is 1. The third-order valence-corrected chi connectivity index (χ3v) is 5.19. The minimum Gasteiger partial charge on any atom is -0.493 e. The molecular formula is C23H25F3N2O7. The zero-order valence-electron chi connectivity index (χ0n) is 19.0. The monoisotopic (exact) mass is 498 g/mol. The first-order valence-electron chi connectivity index (χ1n) is 10.3. The summed E-state index contributed by atoms with van der Waals surface area (Å²) >= 11 is 0. The Balaban J connectivity index is 0.000000641. The molecular weight excluding hydrogens is 473 g/mol. The highest BCUT2D eigenvalue weighted by molar-refractivity contribution is 6.27. The molecule has 1 amide bonds. The van der Waals surface area contributed by atoms with Gasteiger partial charge >= 0.3 is 18.1 Å². The summed E-state index contributed by atoms with van der Waals surface area (Å²) in [5.74, 6) is -2.98. The van der Waals surface area contributed by atoms with Gasteiger partial charge in [0.2, 0.25) is 0 Å². The Labute approximate surface area is 199 Å². The van der Waals surface area contributed by atoms with Gasteiger partial charge in [-0.2, -0.15) is 13.2 Å². The van der Waals surface area contributed by atoms with Crippen molar-refractivity contribution < 1.29 is 47.2 Å². The first-order valence-corrected chi connectivity index (χ1v) is 10.3. The predicted octanol–water partition coefficient (Wildman–Crippen LogP) is 2.84. The Morgan fingerprint density at radius 2 is 1.49 bits per heavy atom. The average Bonchev–Trinajstić information content (AvgIpc) is 2.83. The SMILES string of the molecule is COc1cccc(C(=O)N2CCN(Cc3ccccc3C(F)(F)F)CC2)c1OC.O=C(O)C(=O)O. The largest absolute Gasteiger partial charge is 0.493 e. The van der Waals surface area contributed by atoms with Crippen molar-refractivity contribution in [3.8, 4) is 11.5 Å². The number of halogens is 3. The number of alkyl halides is 3. The van der Waals surface area contributed by atoms with Crippen LogP contribution in [0.25, 0.3) is 0 Å². The van der Waals surface area contributed by atoms with Crippen LogP contribution in [0.1, 0.15) is 21.5 Å². The number of piperazine rings is 1. The summed E-state index contributed by atoms with van der Waals surface area (Å²) < 4.78 is 50.2. The van der Waals surface area contributed by atoms with E-state index in [-0.39, 0.29) is 18.0 Å². The second-order valence-corrected chi connectivity index (χ2v) is 7.37. The van der Waals surface area contributed by atoms with Crippen LogP contribution in [0.15, 0.2) is 42.5 Å². The van der Waals surface area contributed by atoms with E-state index >= 15 is 0 Å². The van der Waals surface area contributed by atoms with Gasteiger partial charge in [0.1, 0.15) is 0 Å². The molecule has 2 N–H and O–H groups in total. The number of ether oxygens (including phenoxy) is 2. The molecule has 0 saturated carbocycles. The van der Waals surface area contributed by atoms with Crippen LogP contribution in [0.4, 0.5) is 13.2 Å². The fraction of sp³-hybridized carbons (Fsp3) is 0.348. The Morgan fingerprint density at radius 1 is 0.886 bits per heavy atom. The zero-order valence-corrected chi connectivity index (χ0v) is 19.0. The zero-order chi connectivity index (χ0) is 26.2. The number of hydrogen-bond donors (Lipinski definition) is 2. The Kier molecular flexibility index (Phi) is 9.46. The summed E-state index contributed by atoms with van der Waals surface area (Å²) in [6.45, 7) is 2.02. The number of carboxylic acids is 2. The summed E-state index contributed by atoms with van der Waals surface area (Å²) in [5, 5.41) is 14.8. The van der Waals surface area contributed by atoms with Crippen LogP contribution in [0.3, 0.4) is 0 Å². The number of nitrogens with zero attached hydrogens (tertiary/aromatic N) is 2. The molecule has 0 atom stereocenters. The first kappa shape index (κ1) is 27.4. The third-order valence-electron chi connectivity index (χ3n) is 5.19. The van der Waals surface area contributed by atoms with E-state index in [2.05, 4.69) is 0 Å². The van der Waals surface area contributed by atoms with E-state index < -0.39 is 23.7 Å². The summed E-state index contributed by atoms with van der Waals surface area (Å²) in [6, 6.07) is 10.7. The van der Waals surface area contributed by atoms with Crippen LogP contribution in [-0.2, 0) is 22.3 Å². The second-order valence-electron chi connectivity index (χ2n) is 7.37. The van der Waals surface area contributed by atoms with Crippen LogP contribution < -0.4 is 9.47 Å². The molecule has 0 aromatic heterocycles. The fourth-order valence-corrected chi connectivity index (χ4v) is 3.51. The number of carbonyl (C=O) groups is 3. The predicted molar refractivity (Wildman–Crippen MR) is 117 cm³/mol. The molecule has 0 unspecified atom stereocenters. The summed E-state index contributed by atoms with van der Waals surface area (Å²) in [4.78, 5) is 34.7. The van der Waals surface area contributed by atoms with Crippen LogP contribution in [-0.4, -0.2) is 78.3 Å². The molecule has 0 bridgehead atoms. The van der Waals surface area contributed by atoms with E-state index in [1.165, 1.54) is 26.4 Å². The van der Waals surface area contributed by atoms with Gasteiger partial charge in [0.15, 0.2) is 11.5 Å². The van der Waals surface area contributed by atoms with Crippen molar-refractivity contribution in [3.05, 3.63) is 59.2 Å². The number of amides is 1. The Bertz CT molecular complexity index is 1040. The summed E-state index contributed by atoms with van der Waals surface area (Å²) in [7, 11) is 2.98.